The number of nitrogens with one attached hydrogen (secondary N) is 1. The second-order valence-corrected chi connectivity index (χ2v) is 9.40. The molecule has 1 unspecified atom stereocenters. The molecule has 1 aliphatic rings. The van der Waals surface area contributed by atoms with Crippen molar-refractivity contribution in [2.75, 3.05) is 19.0 Å². The van der Waals surface area contributed by atoms with Crippen LogP contribution in [-0.2, 0) is 11.8 Å². The number of furan rings is 1. The topological polar surface area (TPSA) is 137 Å². The quantitative estimate of drug-likeness (QED) is 0.371. The minimum Gasteiger partial charge on any atom is -0.450 e. The molecule has 0 saturated carbocycles. The Morgan fingerprint density at radius 2 is 2.08 bits per heavy atom. The highest BCUT2D eigenvalue weighted by Gasteiger charge is 2.29. The van der Waals surface area contributed by atoms with Gasteiger partial charge in [0.05, 0.1) is 23.6 Å². The number of anilines is 1. The summed E-state index contributed by atoms with van der Waals surface area (Å²) >= 11 is 0. The summed E-state index contributed by atoms with van der Waals surface area (Å²) in [7, 11) is 3.59. The number of pyridine rings is 2. The summed E-state index contributed by atoms with van der Waals surface area (Å²) in [5, 5.41) is 17.1. The molecule has 0 bridgehead atoms. The Hall–Kier alpha value is -4.56. The fourth-order valence-corrected chi connectivity index (χ4v) is 5.13. The first-order valence-corrected chi connectivity index (χ1v) is 12.5. The van der Waals surface area contributed by atoms with Crippen molar-refractivity contribution in [2.45, 2.75) is 38.3 Å². The van der Waals surface area contributed by atoms with Gasteiger partial charge in [0.15, 0.2) is 11.2 Å². The summed E-state index contributed by atoms with van der Waals surface area (Å²) in [4.78, 5) is 27.5. The molecule has 0 radical (unpaired) electrons. The van der Waals surface area contributed by atoms with Crippen LogP contribution in [0.25, 0.3) is 44.7 Å². The van der Waals surface area contributed by atoms with Crippen molar-refractivity contribution in [3.05, 3.63) is 52.8 Å². The summed E-state index contributed by atoms with van der Waals surface area (Å²) in [5.41, 5.74) is 4.07. The van der Waals surface area contributed by atoms with E-state index in [-0.39, 0.29) is 17.8 Å². The Labute approximate surface area is 217 Å². The first-order chi connectivity index (χ1) is 18.5. The summed E-state index contributed by atoms with van der Waals surface area (Å²) in [5.74, 6) is 0.692. The molecule has 1 aliphatic heterocycles. The molecule has 192 valence electrons. The monoisotopic (exact) mass is 510 g/mol. The molecule has 6 heterocycles. The zero-order chi connectivity index (χ0) is 26.4. The Morgan fingerprint density at radius 3 is 2.76 bits per heavy atom. The second-order valence-electron chi connectivity index (χ2n) is 9.40. The van der Waals surface area contributed by atoms with Gasteiger partial charge in [0, 0.05) is 56.3 Å². The zero-order valence-electron chi connectivity index (χ0n) is 21.3. The molecule has 5 aromatic rings. The standard InChI is InChI=1S/C27H26N8O3/c1-4-19-10-18(7-8-37-19)35-25-24-20(9-16(11-28)22(32-24)17-13-31-34(3)14-17)38-26(25)23(33-27(35)36)15-5-6-21(29-2)30-12-15/h5-6,9,12-14,18-19H,4,7-8,10H2,1-3H3,(H,29,30)/t18?,19-/m0/s1. The highest BCUT2D eigenvalue weighted by atomic mass is 16.5. The lowest BCUT2D eigenvalue weighted by molar-refractivity contribution is -0.00710. The first-order valence-electron chi connectivity index (χ1n) is 12.5. The number of aromatic nitrogens is 6. The Morgan fingerprint density at radius 1 is 1.21 bits per heavy atom. The number of aryl methyl sites for hydroxylation is 1. The lowest BCUT2D eigenvalue weighted by atomic mass is 10.0. The van der Waals surface area contributed by atoms with Crippen LogP contribution in [0.15, 0.2) is 46.0 Å². The molecule has 11 heteroatoms. The van der Waals surface area contributed by atoms with Crippen molar-refractivity contribution in [3.63, 3.8) is 0 Å². The number of nitrogens with zero attached hydrogens (tertiary/aromatic N) is 7. The molecule has 0 spiro atoms. The van der Waals surface area contributed by atoms with E-state index in [9.17, 15) is 10.1 Å². The van der Waals surface area contributed by atoms with Gasteiger partial charge >= 0.3 is 5.69 Å². The van der Waals surface area contributed by atoms with Crippen molar-refractivity contribution in [3.8, 4) is 28.6 Å². The average Bonchev–Trinajstić information content (AvgIpc) is 3.55. The molecule has 1 fully saturated rings. The maximum Gasteiger partial charge on any atom is 0.349 e. The number of hydrogen-bond acceptors (Lipinski definition) is 9. The van der Waals surface area contributed by atoms with Crippen molar-refractivity contribution < 1.29 is 9.15 Å². The summed E-state index contributed by atoms with van der Waals surface area (Å²) < 4.78 is 15.6. The summed E-state index contributed by atoms with van der Waals surface area (Å²) in [6.45, 7) is 2.63. The second kappa shape index (κ2) is 9.39. The fraction of sp³-hybridized carbons (Fsp3) is 0.333. The van der Waals surface area contributed by atoms with Gasteiger partial charge < -0.3 is 14.5 Å². The van der Waals surface area contributed by atoms with Gasteiger partial charge in [0.25, 0.3) is 0 Å². The van der Waals surface area contributed by atoms with Gasteiger partial charge in [0.2, 0.25) is 0 Å². The van der Waals surface area contributed by atoms with E-state index in [1.165, 1.54) is 0 Å². The average molecular weight is 511 g/mol. The lowest BCUT2D eigenvalue weighted by Gasteiger charge is -2.30. The van der Waals surface area contributed by atoms with Gasteiger partial charge in [0.1, 0.15) is 28.6 Å². The largest absolute Gasteiger partial charge is 0.450 e. The van der Waals surface area contributed by atoms with Crippen LogP contribution in [0.5, 0.6) is 0 Å². The van der Waals surface area contributed by atoms with Gasteiger partial charge in [-0.2, -0.15) is 15.3 Å². The Kier molecular flexibility index (Phi) is 5.88. The number of ether oxygens (including phenoxy) is 1. The SMILES string of the molecule is CC[C@H]1CC(n2c(=O)nc(-c3ccc(NC)nc3)c3oc4cc(C#N)c(-c5cnn(C)c5)nc4c32)CCO1. The van der Waals surface area contributed by atoms with Gasteiger partial charge in [-0.25, -0.2) is 14.8 Å². The molecule has 6 rings (SSSR count). The third-order valence-electron chi connectivity index (χ3n) is 7.06. The maximum absolute atomic E-state index is 13.7. The molecule has 1 N–H and O–H groups in total. The van der Waals surface area contributed by atoms with Crippen molar-refractivity contribution in [1.29, 1.82) is 5.26 Å². The predicted molar refractivity (Wildman–Crippen MR) is 142 cm³/mol. The minimum absolute atomic E-state index is 0.0518. The fourth-order valence-electron chi connectivity index (χ4n) is 5.13. The molecular weight excluding hydrogens is 484 g/mol. The highest BCUT2D eigenvalue weighted by Crippen LogP contribution is 2.38. The molecule has 1 saturated heterocycles. The van der Waals surface area contributed by atoms with Gasteiger partial charge in [-0.3, -0.25) is 9.25 Å². The van der Waals surface area contributed by atoms with Crippen LogP contribution >= 0.6 is 0 Å². The number of nitriles is 1. The van der Waals surface area contributed by atoms with Gasteiger partial charge in [-0.1, -0.05) is 6.92 Å². The van der Waals surface area contributed by atoms with Crippen LogP contribution in [0.3, 0.4) is 0 Å². The maximum atomic E-state index is 13.7. The predicted octanol–water partition coefficient (Wildman–Crippen LogP) is 4.04. The number of hydrogen-bond donors (Lipinski definition) is 1. The van der Waals surface area contributed by atoms with E-state index >= 15 is 0 Å². The van der Waals surface area contributed by atoms with Crippen LogP contribution < -0.4 is 11.0 Å². The lowest BCUT2D eigenvalue weighted by Crippen LogP contribution is -2.34. The molecule has 0 aromatic carbocycles. The third-order valence-corrected chi connectivity index (χ3v) is 7.06. The van der Waals surface area contributed by atoms with E-state index in [1.807, 2.05) is 12.1 Å². The number of rotatable bonds is 5. The zero-order valence-corrected chi connectivity index (χ0v) is 21.3. The summed E-state index contributed by atoms with van der Waals surface area (Å²) in [6, 6.07) is 7.42. The van der Waals surface area contributed by atoms with Gasteiger partial charge in [-0.15, -0.1) is 0 Å². The Balaban J connectivity index is 1.67. The van der Waals surface area contributed by atoms with Crippen LogP contribution in [0, 0.1) is 11.3 Å². The van der Waals surface area contributed by atoms with E-state index in [0.717, 1.165) is 6.42 Å². The van der Waals surface area contributed by atoms with E-state index < -0.39 is 0 Å². The van der Waals surface area contributed by atoms with Crippen LogP contribution in [0.4, 0.5) is 5.82 Å². The third kappa shape index (κ3) is 3.90. The van der Waals surface area contributed by atoms with Crippen molar-refractivity contribution in [1.82, 2.24) is 29.3 Å². The van der Waals surface area contributed by atoms with E-state index in [0.29, 0.717) is 75.5 Å². The molecular formula is C27H26N8O3. The van der Waals surface area contributed by atoms with Crippen molar-refractivity contribution in [2.24, 2.45) is 7.05 Å². The van der Waals surface area contributed by atoms with Crippen LogP contribution in [-0.4, -0.2) is 49.1 Å². The molecule has 11 nitrogen and oxygen atoms in total. The van der Waals surface area contributed by atoms with Crippen LogP contribution in [0.1, 0.15) is 37.8 Å². The molecule has 5 aromatic heterocycles. The smallest absolute Gasteiger partial charge is 0.349 e. The number of fused-ring (bicyclic) bond motifs is 3. The van der Waals surface area contributed by atoms with E-state index in [2.05, 4.69) is 33.4 Å². The molecule has 2 atom stereocenters. The molecule has 0 aliphatic carbocycles. The Bertz CT molecular complexity index is 1760. The van der Waals surface area contributed by atoms with Crippen molar-refractivity contribution >= 4 is 28.0 Å². The van der Waals surface area contributed by atoms with Crippen LogP contribution in [0.2, 0.25) is 0 Å². The van der Waals surface area contributed by atoms with E-state index in [1.54, 1.807) is 48.0 Å². The van der Waals surface area contributed by atoms with E-state index in [4.69, 9.17) is 14.1 Å². The minimum atomic E-state index is -0.385. The highest BCUT2D eigenvalue weighted by molar-refractivity contribution is 6.05. The molecule has 0 amide bonds. The summed E-state index contributed by atoms with van der Waals surface area (Å²) in [6.07, 6.45) is 7.38. The van der Waals surface area contributed by atoms with Gasteiger partial charge in [-0.05, 0) is 31.4 Å². The normalized spacial score (nSPS) is 17.6. The first kappa shape index (κ1) is 23.8. The molecule has 38 heavy (non-hydrogen) atoms.